The Labute approximate surface area is 82.2 Å². The first-order valence-corrected chi connectivity index (χ1v) is 5.43. The van der Waals surface area contributed by atoms with Crippen LogP contribution in [-0.2, 0) is 0 Å². The van der Waals surface area contributed by atoms with Crippen LogP contribution in [0.5, 0.6) is 0 Å². The summed E-state index contributed by atoms with van der Waals surface area (Å²) in [5.41, 5.74) is 0.557. The number of rotatable bonds is 0. The minimum atomic E-state index is 0.557. The molecule has 1 spiro atoms. The largest absolute Gasteiger partial charge is 0.311 e. The third-order valence-corrected chi connectivity index (χ3v) is 3.96. The Morgan fingerprint density at radius 2 is 1.91 bits per heavy atom. The van der Waals surface area contributed by atoms with Gasteiger partial charge in [0.1, 0.15) is 0 Å². The summed E-state index contributed by atoms with van der Waals surface area (Å²) >= 11 is 2.43. The Morgan fingerprint density at radius 1 is 1.18 bits per heavy atom. The molecule has 11 heavy (non-hydrogen) atoms. The molecular formula is C8H15IN2. The first-order valence-electron chi connectivity index (χ1n) is 4.47. The fourth-order valence-corrected chi connectivity index (χ4v) is 2.69. The van der Waals surface area contributed by atoms with E-state index < -0.39 is 0 Å². The van der Waals surface area contributed by atoms with Gasteiger partial charge in [-0.05, 0) is 32.2 Å². The van der Waals surface area contributed by atoms with Gasteiger partial charge in [0.15, 0.2) is 0 Å². The van der Waals surface area contributed by atoms with Crippen LogP contribution in [0.4, 0.5) is 0 Å². The van der Waals surface area contributed by atoms with Gasteiger partial charge in [-0.1, -0.05) is 0 Å². The van der Waals surface area contributed by atoms with E-state index in [9.17, 15) is 0 Å². The highest BCUT2D eigenvalue weighted by molar-refractivity contribution is 14.1. The molecule has 0 aliphatic carbocycles. The molecule has 0 aromatic rings. The van der Waals surface area contributed by atoms with E-state index in [4.69, 9.17) is 0 Å². The van der Waals surface area contributed by atoms with Crippen LogP contribution < -0.4 is 5.32 Å². The summed E-state index contributed by atoms with van der Waals surface area (Å²) in [6, 6.07) is 0. The summed E-state index contributed by atoms with van der Waals surface area (Å²) in [4.78, 5) is 0. The molecule has 2 fully saturated rings. The van der Waals surface area contributed by atoms with Gasteiger partial charge < -0.3 is 5.32 Å². The molecule has 2 aliphatic rings. The first kappa shape index (κ1) is 8.26. The zero-order valence-electron chi connectivity index (χ0n) is 6.77. The van der Waals surface area contributed by atoms with Gasteiger partial charge in [0.2, 0.25) is 0 Å². The van der Waals surface area contributed by atoms with Gasteiger partial charge in [0.25, 0.3) is 0 Å². The lowest BCUT2D eigenvalue weighted by Crippen LogP contribution is -2.47. The maximum absolute atomic E-state index is 3.66. The lowest BCUT2D eigenvalue weighted by atomic mass is 9.87. The van der Waals surface area contributed by atoms with Crippen LogP contribution in [0, 0.1) is 0 Å². The number of nitrogens with zero attached hydrogens (tertiary/aromatic N) is 1. The molecule has 64 valence electrons. The van der Waals surface area contributed by atoms with Crippen LogP contribution in [0.25, 0.3) is 0 Å². The summed E-state index contributed by atoms with van der Waals surface area (Å²) in [5, 5.41) is 3.66. The van der Waals surface area contributed by atoms with Crippen LogP contribution >= 0.6 is 22.9 Å². The molecule has 0 radical (unpaired) electrons. The Hall–Kier alpha value is 0.650. The molecule has 2 nitrogen and oxygen atoms in total. The molecule has 0 unspecified atom stereocenters. The van der Waals surface area contributed by atoms with Crippen molar-refractivity contribution in [3.8, 4) is 0 Å². The molecule has 0 aromatic heterocycles. The molecule has 1 N–H and O–H groups in total. The molecule has 2 rings (SSSR count). The van der Waals surface area contributed by atoms with Crippen molar-refractivity contribution in [1.82, 2.24) is 8.43 Å². The van der Waals surface area contributed by atoms with Gasteiger partial charge in [-0.15, -0.1) is 0 Å². The topological polar surface area (TPSA) is 15.3 Å². The maximum atomic E-state index is 3.66. The molecule has 0 bridgehead atoms. The molecule has 0 atom stereocenters. The predicted octanol–water partition coefficient (Wildman–Crippen LogP) is 1.55. The fourth-order valence-electron chi connectivity index (χ4n) is 2.20. The Balaban J connectivity index is 1.94. The number of piperidine rings is 1. The van der Waals surface area contributed by atoms with Gasteiger partial charge in [0.05, 0.1) is 0 Å². The molecule has 2 heterocycles. The molecule has 0 saturated carbocycles. The van der Waals surface area contributed by atoms with Crippen molar-refractivity contribution in [2.24, 2.45) is 0 Å². The Morgan fingerprint density at radius 3 is 2.45 bits per heavy atom. The van der Waals surface area contributed by atoms with E-state index >= 15 is 0 Å². The van der Waals surface area contributed by atoms with Crippen LogP contribution in [0.15, 0.2) is 0 Å². The zero-order chi connectivity index (χ0) is 7.73. The second-order valence-corrected chi connectivity index (χ2v) is 5.09. The number of hydrogen-bond donors (Lipinski definition) is 1. The van der Waals surface area contributed by atoms with Crippen LogP contribution in [0.2, 0.25) is 0 Å². The van der Waals surface area contributed by atoms with Gasteiger partial charge in [-0.2, -0.15) is 0 Å². The highest BCUT2D eigenvalue weighted by atomic mass is 127. The second-order valence-electron chi connectivity index (χ2n) is 3.72. The summed E-state index contributed by atoms with van der Waals surface area (Å²) in [5.74, 6) is 0. The molecular weight excluding hydrogens is 251 g/mol. The molecule has 2 saturated heterocycles. The maximum Gasteiger partial charge on any atom is 0.0206 e. The summed E-state index contributed by atoms with van der Waals surface area (Å²) in [6.45, 7) is 3.79. The standard InChI is InChI=1S/C8H15IN2/c9-11-6-3-8(4-7-11)2-1-5-10-8/h10H,1-7H2. The van der Waals surface area contributed by atoms with Crippen molar-refractivity contribution in [2.75, 3.05) is 19.6 Å². The smallest absolute Gasteiger partial charge is 0.0206 e. The third kappa shape index (κ3) is 1.70. The Bertz CT molecular complexity index is 133. The minimum absolute atomic E-state index is 0.557. The van der Waals surface area contributed by atoms with Crippen molar-refractivity contribution < 1.29 is 0 Å². The molecule has 0 amide bonds. The predicted molar refractivity (Wildman–Crippen MR) is 54.8 cm³/mol. The third-order valence-electron chi connectivity index (χ3n) is 3.00. The minimum Gasteiger partial charge on any atom is -0.311 e. The van der Waals surface area contributed by atoms with Crippen LogP contribution in [0.1, 0.15) is 25.7 Å². The second kappa shape index (κ2) is 3.18. The lowest BCUT2D eigenvalue weighted by molar-refractivity contribution is 0.235. The average Bonchev–Trinajstić information content (AvgIpc) is 2.45. The lowest BCUT2D eigenvalue weighted by Gasteiger charge is -2.36. The van der Waals surface area contributed by atoms with E-state index in [2.05, 4.69) is 31.3 Å². The quantitative estimate of drug-likeness (QED) is 0.528. The van der Waals surface area contributed by atoms with Crippen LogP contribution in [0.3, 0.4) is 0 Å². The van der Waals surface area contributed by atoms with Gasteiger partial charge in [-0.25, -0.2) is 3.11 Å². The van der Waals surface area contributed by atoms with Gasteiger partial charge >= 0.3 is 0 Å². The number of nitrogens with one attached hydrogen (secondary N) is 1. The van der Waals surface area contributed by atoms with Crippen molar-refractivity contribution in [1.29, 1.82) is 0 Å². The van der Waals surface area contributed by atoms with Crippen molar-refractivity contribution >= 4 is 22.9 Å². The van der Waals surface area contributed by atoms with E-state index in [0.29, 0.717) is 5.54 Å². The first-order chi connectivity index (χ1) is 5.31. The van der Waals surface area contributed by atoms with Crippen molar-refractivity contribution in [3.05, 3.63) is 0 Å². The number of hydrogen-bond acceptors (Lipinski definition) is 2. The number of halogens is 1. The fraction of sp³-hybridized carbons (Fsp3) is 1.00. The molecule has 3 heteroatoms. The molecule has 0 aromatic carbocycles. The zero-order valence-corrected chi connectivity index (χ0v) is 8.93. The average molecular weight is 266 g/mol. The highest BCUT2D eigenvalue weighted by Gasteiger charge is 2.35. The van der Waals surface area contributed by atoms with Gasteiger partial charge in [-0.3, -0.25) is 0 Å². The van der Waals surface area contributed by atoms with E-state index in [1.165, 1.54) is 45.3 Å². The van der Waals surface area contributed by atoms with E-state index in [-0.39, 0.29) is 0 Å². The van der Waals surface area contributed by atoms with Crippen molar-refractivity contribution in [2.45, 2.75) is 31.2 Å². The van der Waals surface area contributed by atoms with Crippen molar-refractivity contribution in [3.63, 3.8) is 0 Å². The van der Waals surface area contributed by atoms with Crippen LogP contribution in [-0.4, -0.2) is 28.3 Å². The Kier molecular flexibility index (Phi) is 2.39. The van der Waals surface area contributed by atoms with E-state index in [1.54, 1.807) is 0 Å². The molecule has 2 aliphatic heterocycles. The van der Waals surface area contributed by atoms with E-state index in [0.717, 1.165) is 0 Å². The van der Waals surface area contributed by atoms with Gasteiger partial charge in [0, 0.05) is 41.5 Å². The SMILES string of the molecule is IN1CCC2(CCCN2)CC1. The monoisotopic (exact) mass is 266 g/mol. The summed E-state index contributed by atoms with van der Waals surface area (Å²) in [7, 11) is 0. The summed E-state index contributed by atoms with van der Waals surface area (Å²) in [6.07, 6.45) is 5.52. The normalized spacial score (nSPS) is 31.4. The van der Waals surface area contributed by atoms with E-state index in [1.807, 2.05) is 0 Å². The summed E-state index contributed by atoms with van der Waals surface area (Å²) < 4.78 is 2.41. The highest BCUT2D eigenvalue weighted by Crippen LogP contribution is 2.31.